The van der Waals surface area contributed by atoms with Gasteiger partial charge in [-0.25, -0.2) is 4.98 Å². The molecule has 6 heteroatoms. The van der Waals surface area contributed by atoms with E-state index in [0.29, 0.717) is 18.8 Å². The van der Waals surface area contributed by atoms with E-state index in [-0.39, 0.29) is 5.91 Å². The zero-order valence-corrected chi connectivity index (χ0v) is 14.8. The SMILES string of the molecule is Cc1ccn2cc(C(=O)N3CCN(c4cccc(Cl)c4)CC3)nc2c1. The fourth-order valence-electron chi connectivity index (χ4n) is 3.19. The zero-order chi connectivity index (χ0) is 17.4. The molecule has 0 atom stereocenters. The Bertz CT molecular complexity index is 928. The smallest absolute Gasteiger partial charge is 0.274 e. The van der Waals surface area contributed by atoms with Crippen molar-refractivity contribution in [3.63, 3.8) is 0 Å². The fourth-order valence-corrected chi connectivity index (χ4v) is 3.37. The second-order valence-electron chi connectivity index (χ2n) is 6.35. The van der Waals surface area contributed by atoms with Gasteiger partial charge < -0.3 is 14.2 Å². The molecule has 1 saturated heterocycles. The van der Waals surface area contributed by atoms with Gasteiger partial charge in [0.05, 0.1) is 0 Å². The van der Waals surface area contributed by atoms with Gasteiger partial charge in [-0.2, -0.15) is 0 Å². The van der Waals surface area contributed by atoms with E-state index in [1.807, 2.05) is 58.8 Å². The van der Waals surface area contributed by atoms with Crippen molar-refractivity contribution in [3.8, 4) is 0 Å². The highest BCUT2D eigenvalue weighted by Gasteiger charge is 2.24. The van der Waals surface area contributed by atoms with Crippen molar-refractivity contribution in [1.82, 2.24) is 14.3 Å². The minimum Gasteiger partial charge on any atom is -0.368 e. The molecule has 1 aliphatic heterocycles. The number of hydrogen-bond acceptors (Lipinski definition) is 3. The number of benzene rings is 1. The molecule has 0 spiro atoms. The number of anilines is 1. The summed E-state index contributed by atoms with van der Waals surface area (Å²) >= 11 is 6.07. The van der Waals surface area contributed by atoms with E-state index in [4.69, 9.17) is 11.6 Å². The molecule has 0 bridgehead atoms. The Hall–Kier alpha value is -2.53. The molecule has 0 radical (unpaired) electrons. The van der Waals surface area contributed by atoms with Gasteiger partial charge in [-0.1, -0.05) is 17.7 Å². The lowest BCUT2D eigenvalue weighted by molar-refractivity contribution is 0.0741. The quantitative estimate of drug-likeness (QED) is 0.709. The first-order valence-electron chi connectivity index (χ1n) is 8.35. The molecule has 1 amide bonds. The molecule has 128 valence electrons. The van der Waals surface area contributed by atoms with Crippen molar-refractivity contribution < 1.29 is 4.79 Å². The number of carbonyl (C=O) groups is 1. The van der Waals surface area contributed by atoms with Crippen LogP contribution in [0.3, 0.4) is 0 Å². The molecule has 2 aromatic heterocycles. The minimum atomic E-state index is -0.00732. The maximum Gasteiger partial charge on any atom is 0.274 e. The number of imidazole rings is 1. The summed E-state index contributed by atoms with van der Waals surface area (Å²) in [5.41, 5.74) is 3.54. The van der Waals surface area contributed by atoms with Crippen LogP contribution in [0.15, 0.2) is 48.8 Å². The second kappa shape index (κ2) is 6.41. The molecular weight excluding hydrogens is 336 g/mol. The Morgan fingerprint density at radius 2 is 1.92 bits per heavy atom. The number of pyridine rings is 1. The summed E-state index contributed by atoms with van der Waals surface area (Å²) in [7, 11) is 0. The van der Waals surface area contributed by atoms with Crippen molar-refractivity contribution in [2.45, 2.75) is 6.92 Å². The molecule has 25 heavy (non-hydrogen) atoms. The Labute approximate surface area is 151 Å². The number of nitrogens with zero attached hydrogens (tertiary/aromatic N) is 4. The molecule has 1 aromatic carbocycles. The van der Waals surface area contributed by atoms with E-state index in [2.05, 4.69) is 9.88 Å². The summed E-state index contributed by atoms with van der Waals surface area (Å²) in [5, 5.41) is 0.732. The van der Waals surface area contributed by atoms with Crippen LogP contribution < -0.4 is 4.90 Å². The number of piperazine rings is 1. The van der Waals surface area contributed by atoms with Crippen LogP contribution in [0.1, 0.15) is 16.1 Å². The van der Waals surface area contributed by atoms with Crippen molar-refractivity contribution in [2.24, 2.45) is 0 Å². The van der Waals surface area contributed by atoms with Gasteiger partial charge in [0.2, 0.25) is 0 Å². The van der Waals surface area contributed by atoms with Crippen LogP contribution in [0.4, 0.5) is 5.69 Å². The van der Waals surface area contributed by atoms with Gasteiger partial charge in [0, 0.05) is 49.3 Å². The zero-order valence-electron chi connectivity index (χ0n) is 14.0. The van der Waals surface area contributed by atoms with Gasteiger partial charge in [-0.05, 0) is 42.8 Å². The molecule has 0 N–H and O–H groups in total. The predicted molar refractivity (Wildman–Crippen MR) is 99.5 cm³/mol. The van der Waals surface area contributed by atoms with Crippen LogP contribution in [0.25, 0.3) is 5.65 Å². The predicted octanol–water partition coefficient (Wildman–Crippen LogP) is 3.26. The average molecular weight is 355 g/mol. The number of fused-ring (bicyclic) bond motifs is 1. The molecular formula is C19H19ClN4O. The van der Waals surface area contributed by atoms with Gasteiger partial charge in [-0.3, -0.25) is 4.79 Å². The van der Waals surface area contributed by atoms with Crippen LogP contribution in [-0.4, -0.2) is 46.4 Å². The van der Waals surface area contributed by atoms with Crippen molar-refractivity contribution in [3.05, 3.63) is 65.1 Å². The van der Waals surface area contributed by atoms with Gasteiger partial charge in [0.25, 0.3) is 5.91 Å². The number of hydrogen-bond donors (Lipinski definition) is 0. The summed E-state index contributed by atoms with van der Waals surface area (Å²) in [6.07, 6.45) is 3.74. The van der Waals surface area contributed by atoms with Crippen LogP contribution in [0.2, 0.25) is 5.02 Å². The molecule has 5 nitrogen and oxygen atoms in total. The highest BCUT2D eigenvalue weighted by atomic mass is 35.5. The summed E-state index contributed by atoms with van der Waals surface area (Å²) in [6.45, 7) is 4.96. The standard InChI is InChI=1S/C19H19ClN4O/c1-14-5-6-24-13-17(21-18(24)11-14)19(25)23-9-7-22(8-10-23)16-4-2-3-15(20)12-16/h2-6,11-13H,7-10H2,1H3. The summed E-state index contributed by atoms with van der Waals surface area (Å²) in [6, 6.07) is 11.8. The van der Waals surface area contributed by atoms with E-state index in [9.17, 15) is 4.79 Å². The number of aryl methyl sites for hydroxylation is 1. The number of rotatable bonds is 2. The normalized spacial score (nSPS) is 15.0. The van der Waals surface area contributed by atoms with Crippen LogP contribution >= 0.6 is 11.6 Å². The van der Waals surface area contributed by atoms with E-state index >= 15 is 0 Å². The maximum atomic E-state index is 12.8. The van der Waals surface area contributed by atoms with Crippen LogP contribution in [0.5, 0.6) is 0 Å². The molecule has 0 unspecified atom stereocenters. The first-order valence-corrected chi connectivity index (χ1v) is 8.73. The first-order chi connectivity index (χ1) is 12.1. The van der Waals surface area contributed by atoms with E-state index < -0.39 is 0 Å². The molecule has 3 heterocycles. The molecule has 3 aromatic rings. The largest absolute Gasteiger partial charge is 0.368 e. The van der Waals surface area contributed by atoms with Crippen molar-refractivity contribution in [1.29, 1.82) is 0 Å². The van der Waals surface area contributed by atoms with Gasteiger partial charge in [-0.15, -0.1) is 0 Å². The summed E-state index contributed by atoms with van der Waals surface area (Å²) in [5.74, 6) is -0.00732. The Balaban J connectivity index is 1.47. The first kappa shape index (κ1) is 16.0. The Morgan fingerprint density at radius 3 is 2.68 bits per heavy atom. The van der Waals surface area contributed by atoms with E-state index in [1.165, 1.54) is 0 Å². The minimum absolute atomic E-state index is 0.00732. The monoisotopic (exact) mass is 354 g/mol. The van der Waals surface area contributed by atoms with Gasteiger partial charge in [0.15, 0.2) is 0 Å². The second-order valence-corrected chi connectivity index (χ2v) is 6.79. The Kier molecular flexibility index (Phi) is 4.09. The average Bonchev–Trinajstić information content (AvgIpc) is 3.04. The lowest BCUT2D eigenvalue weighted by atomic mass is 10.2. The third kappa shape index (κ3) is 3.20. The number of carbonyl (C=O) groups excluding carboxylic acids is 1. The number of halogens is 1. The van der Waals surface area contributed by atoms with E-state index in [1.54, 1.807) is 6.20 Å². The summed E-state index contributed by atoms with van der Waals surface area (Å²) < 4.78 is 1.89. The van der Waals surface area contributed by atoms with Gasteiger partial charge in [0.1, 0.15) is 11.3 Å². The van der Waals surface area contributed by atoms with Gasteiger partial charge >= 0.3 is 0 Å². The highest BCUT2D eigenvalue weighted by molar-refractivity contribution is 6.30. The Morgan fingerprint density at radius 1 is 1.12 bits per heavy atom. The van der Waals surface area contributed by atoms with E-state index in [0.717, 1.165) is 35.0 Å². The topological polar surface area (TPSA) is 40.9 Å². The fraction of sp³-hybridized carbons (Fsp3) is 0.263. The third-order valence-corrected chi connectivity index (χ3v) is 4.81. The van der Waals surface area contributed by atoms with Crippen molar-refractivity contribution >= 4 is 28.8 Å². The maximum absolute atomic E-state index is 12.8. The van der Waals surface area contributed by atoms with Crippen molar-refractivity contribution in [2.75, 3.05) is 31.1 Å². The van der Waals surface area contributed by atoms with Crippen LogP contribution in [-0.2, 0) is 0 Å². The lowest BCUT2D eigenvalue weighted by Crippen LogP contribution is -2.48. The molecule has 1 aliphatic rings. The molecule has 4 rings (SSSR count). The highest BCUT2D eigenvalue weighted by Crippen LogP contribution is 2.21. The summed E-state index contributed by atoms with van der Waals surface area (Å²) in [4.78, 5) is 21.4. The number of aromatic nitrogens is 2. The molecule has 1 fully saturated rings. The third-order valence-electron chi connectivity index (χ3n) is 4.58. The molecule has 0 saturated carbocycles. The number of amides is 1. The molecule has 0 aliphatic carbocycles. The lowest BCUT2D eigenvalue weighted by Gasteiger charge is -2.35. The van der Waals surface area contributed by atoms with Crippen LogP contribution in [0, 0.1) is 6.92 Å².